The molecule has 0 amide bonds. The van der Waals surface area contributed by atoms with Crippen LogP contribution in [0.25, 0.3) is 0 Å². The molecule has 21 heavy (non-hydrogen) atoms. The fourth-order valence-corrected chi connectivity index (χ4v) is 3.48. The van der Waals surface area contributed by atoms with Gasteiger partial charge in [-0.25, -0.2) is 17.7 Å². The first-order chi connectivity index (χ1) is 9.92. The second-order valence-electron chi connectivity index (χ2n) is 4.90. The van der Waals surface area contributed by atoms with Gasteiger partial charge in [0.05, 0.1) is 5.75 Å². The van der Waals surface area contributed by atoms with Crippen molar-refractivity contribution in [2.75, 3.05) is 26.4 Å². The summed E-state index contributed by atoms with van der Waals surface area (Å²) in [6, 6.07) is 3.91. The van der Waals surface area contributed by atoms with Crippen LogP contribution in [0.15, 0.2) is 29.9 Å². The monoisotopic (exact) mass is 328 g/mol. The molecule has 116 valence electrons. The van der Waals surface area contributed by atoms with Crippen molar-refractivity contribution in [3.63, 3.8) is 0 Å². The smallest absolute Gasteiger partial charge is 0.214 e. The molecule has 0 saturated carbocycles. The van der Waals surface area contributed by atoms with Crippen molar-refractivity contribution in [3.8, 4) is 0 Å². The van der Waals surface area contributed by atoms with Crippen LogP contribution in [0.2, 0.25) is 0 Å². The molecule has 2 aromatic heterocycles. The van der Waals surface area contributed by atoms with Crippen LogP contribution in [-0.2, 0) is 17.1 Å². The van der Waals surface area contributed by atoms with Gasteiger partial charge in [-0.05, 0) is 11.4 Å². The molecule has 0 fully saturated rings. The topological polar surface area (TPSA) is 67.2 Å². The lowest BCUT2D eigenvalue weighted by atomic mass is 10.2. The van der Waals surface area contributed by atoms with E-state index in [4.69, 9.17) is 0 Å². The van der Waals surface area contributed by atoms with E-state index in [1.807, 2.05) is 35.3 Å². The molecule has 2 heterocycles. The van der Waals surface area contributed by atoms with E-state index in [1.54, 1.807) is 31.6 Å². The molecule has 0 radical (unpaired) electrons. The number of nitrogens with one attached hydrogen (secondary N) is 1. The van der Waals surface area contributed by atoms with Crippen molar-refractivity contribution in [2.45, 2.75) is 6.04 Å². The number of sulfonamides is 1. The number of thiophene rings is 1. The van der Waals surface area contributed by atoms with E-state index >= 15 is 0 Å². The Bertz CT molecular complexity index is 662. The predicted molar refractivity (Wildman–Crippen MR) is 84.8 cm³/mol. The number of hydrogen-bond donors (Lipinski definition) is 1. The van der Waals surface area contributed by atoms with Crippen molar-refractivity contribution < 1.29 is 8.42 Å². The summed E-state index contributed by atoms with van der Waals surface area (Å²) in [4.78, 5) is 5.49. The van der Waals surface area contributed by atoms with E-state index in [9.17, 15) is 8.42 Å². The molecule has 1 atom stereocenters. The Morgan fingerprint density at radius 3 is 2.76 bits per heavy atom. The number of nitrogens with zero attached hydrogens (tertiary/aromatic N) is 3. The predicted octanol–water partition coefficient (Wildman–Crippen LogP) is 1.05. The Morgan fingerprint density at radius 2 is 2.24 bits per heavy atom. The largest absolute Gasteiger partial charge is 0.336 e. The zero-order chi connectivity index (χ0) is 15.5. The minimum Gasteiger partial charge on any atom is -0.336 e. The third-order valence-corrected chi connectivity index (χ3v) is 5.98. The third-order valence-electron chi connectivity index (χ3n) is 3.21. The van der Waals surface area contributed by atoms with Crippen molar-refractivity contribution in [3.05, 3.63) is 40.6 Å². The van der Waals surface area contributed by atoms with E-state index in [1.165, 1.54) is 4.31 Å². The molecule has 0 aromatic carbocycles. The van der Waals surface area contributed by atoms with Crippen molar-refractivity contribution in [1.29, 1.82) is 0 Å². The van der Waals surface area contributed by atoms with E-state index in [0.29, 0.717) is 6.54 Å². The Labute approximate surface area is 129 Å². The number of rotatable bonds is 7. The normalized spacial score (nSPS) is 13.7. The molecule has 1 N–H and O–H groups in total. The van der Waals surface area contributed by atoms with E-state index in [0.717, 1.165) is 10.7 Å². The average Bonchev–Trinajstić information content (AvgIpc) is 3.06. The van der Waals surface area contributed by atoms with Gasteiger partial charge in [0.2, 0.25) is 10.0 Å². The summed E-state index contributed by atoms with van der Waals surface area (Å²) in [7, 11) is 1.83. The molecular formula is C13H20N4O2S2. The summed E-state index contributed by atoms with van der Waals surface area (Å²) in [6.45, 7) is 0.371. The highest BCUT2D eigenvalue weighted by atomic mass is 32.2. The molecule has 1 unspecified atom stereocenters. The minimum atomic E-state index is -3.19. The summed E-state index contributed by atoms with van der Waals surface area (Å²) < 4.78 is 26.8. The van der Waals surface area contributed by atoms with Gasteiger partial charge in [0.25, 0.3) is 0 Å². The zero-order valence-electron chi connectivity index (χ0n) is 12.4. The maximum Gasteiger partial charge on any atom is 0.214 e. The zero-order valence-corrected chi connectivity index (χ0v) is 14.0. The van der Waals surface area contributed by atoms with Crippen LogP contribution in [-0.4, -0.2) is 48.7 Å². The first-order valence-corrected chi connectivity index (χ1v) is 9.05. The number of imidazole rings is 1. The number of aromatic nitrogens is 2. The standard InChI is InChI=1S/C13H20N4O2S2/c1-16(2)21(18,19)10-7-14-12(11-5-4-9-20-11)13-15-6-8-17(13)3/h4-6,8-9,12,14H,7,10H2,1-3H3. The molecule has 0 aliphatic rings. The van der Waals surface area contributed by atoms with Gasteiger partial charge in [-0.15, -0.1) is 11.3 Å². The van der Waals surface area contributed by atoms with Crippen LogP contribution < -0.4 is 5.32 Å². The Kier molecular flexibility index (Phi) is 5.15. The minimum absolute atomic E-state index is 0.0618. The first kappa shape index (κ1) is 16.2. The Morgan fingerprint density at radius 1 is 1.48 bits per heavy atom. The molecule has 6 nitrogen and oxygen atoms in total. The van der Waals surface area contributed by atoms with Gasteiger partial charge >= 0.3 is 0 Å². The van der Waals surface area contributed by atoms with E-state index in [2.05, 4.69) is 10.3 Å². The van der Waals surface area contributed by atoms with Crippen molar-refractivity contribution in [1.82, 2.24) is 19.2 Å². The molecule has 0 spiro atoms. The lowest BCUT2D eigenvalue weighted by Crippen LogP contribution is -2.33. The van der Waals surface area contributed by atoms with Crippen LogP contribution in [0.5, 0.6) is 0 Å². The summed E-state index contributed by atoms with van der Waals surface area (Å²) >= 11 is 1.63. The molecule has 0 bridgehead atoms. The van der Waals surface area contributed by atoms with Gasteiger partial charge < -0.3 is 9.88 Å². The SMILES string of the molecule is CN(C)S(=O)(=O)CCNC(c1cccs1)c1nccn1C. The second kappa shape index (κ2) is 6.69. The second-order valence-corrected chi connectivity index (χ2v) is 8.18. The van der Waals surface area contributed by atoms with Crippen LogP contribution in [0.3, 0.4) is 0 Å². The average molecular weight is 328 g/mol. The maximum absolute atomic E-state index is 11.8. The van der Waals surface area contributed by atoms with Gasteiger partial charge in [0.15, 0.2) is 0 Å². The Balaban J connectivity index is 2.10. The molecule has 8 heteroatoms. The maximum atomic E-state index is 11.8. The fraction of sp³-hybridized carbons (Fsp3) is 0.462. The van der Waals surface area contributed by atoms with Crippen LogP contribution in [0.1, 0.15) is 16.7 Å². The van der Waals surface area contributed by atoms with E-state index in [-0.39, 0.29) is 11.8 Å². The lowest BCUT2D eigenvalue weighted by Gasteiger charge is -2.18. The molecule has 0 saturated heterocycles. The Hall–Kier alpha value is -1.22. The highest BCUT2D eigenvalue weighted by Gasteiger charge is 2.20. The molecule has 2 rings (SSSR count). The summed E-state index contributed by atoms with van der Waals surface area (Å²) in [5.74, 6) is 0.937. The molecule has 0 aliphatic carbocycles. The van der Waals surface area contributed by atoms with Gasteiger partial charge in [-0.1, -0.05) is 6.07 Å². The van der Waals surface area contributed by atoms with Crippen LogP contribution in [0.4, 0.5) is 0 Å². The highest BCUT2D eigenvalue weighted by molar-refractivity contribution is 7.89. The number of aryl methyl sites for hydroxylation is 1. The van der Waals surface area contributed by atoms with E-state index < -0.39 is 10.0 Å². The first-order valence-electron chi connectivity index (χ1n) is 6.56. The van der Waals surface area contributed by atoms with Gasteiger partial charge in [0, 0.05) is 45.0 Å². The van der Waals surface area contributed by atoms with Crippen LogP contribution in [0, 0.1) is 0 Å². The van der Waals surface area contributed by atoms with Crippen molar-refractivity contribution in [2.24, 2.45) is 7.05 Å². The highest BCUT2D eigenvalue weighted by Crippen LogP contribution is 2.24. The molecule has 0 aliphatic heterocycles. The number of hydrogen-bond acceptors (Lipinski definition) is 5. The van der Waals surface area contributed by atoms with Crippen LogP contribution >= 0.6 is 11.3 Å². The lowest BCUT2D eigenvalue weighted by molar-refractivity contribution is 0.512. The third kappa shape index (κ3) is 3.91. The molecule has 2 aromatic rings. The van der Waals surface area contributed by atoms with Gasteiger partial charge in [0.1, 0.15) is 11.9 Å². The quantitative estimate of drug-likeness (QED) is 0.825. The van der Waals surface area contributed by atoms with Gasteiger partial charge in [-0.3, -0.25) is 0 Å². The van der Waals surface area contributed by atoms with Gasteiger partial charge in [-0.2, -0.15) is 0 Å². The molecular weight excluding hydrogens is 308 g/mol. The summed E-state index contributed by atoms with van der Waals surface area (Å²) in [6.07, 6.45) is 3.63. The fourth-order valence-electron chi connectivity index (χ4n) is 1.94. The summed E-state index contributed by atoms with van der Waals surface area (Å²) in [5.41, 5.74) is 0. The van der Waals surface area contributed by atoms with Crippen molar-refractivity contribution >= 4 is 21.4 Å². The summed E-state index contributed by atoms with van der Waals surface area (Å²) in [5, 5.41) is 5.30.